The standard InChI is InChI=1S/C21H19N3O4S2.ClH/c25-17-6-5-16-19(15-8-10-29-20(15)21(26)23-16)18(17)12-1-3-14(4-2-12)30(27,28)24-13-7-9-22-11-13;/h1-6,8,10,13,22,24-25H,7,9,11H2,(H,23,26);1H. The average molecular weight is 478 g/mol. The van der Waals surface area contributed by atoms with Crippen LogP contribution in [0.5, 0.6) is 5.75 Å². The van der Waals surface area contributed by atoms with Gasteiger partial charge in [0.1, 0.15) is 10.4 Å². The molecule has 2 aromatic carbocycles. The highest BCUT2D eigenvalue weighted by molar-refractivity contribution is 7.89. The minimum Gasteiger partial charge on any atom is -0.507 e. The number of benzene rings is 2. The monoisotopic (exact) mass is 477 g/mol. The first-order valence-electron chi connectivity index (χ1n) is 9.53. The predicted octanol–water partition coefficient (Wildman–Crippen LogP) is 3.18. The summed E-state index contributed by atoms with van der Waals surface area (Å²) in [7, 11) is -3.62. The Morgan fingerprint density at radius 2 is 1.87 bits per heavy atom. The van der Waals surface area contributed by atoms with Gasteiger partial charge in [0, 0.05) is 34.4 Å². The molecule has 0 aliphatic carbocycles. The maximum atomic E-state index is 12.7. The third kappa shape index (κ3) is 3.83. The molecule has 2 aromatic heterocycles. The minimum atomic E-state index is -3.62. The molecular weight excluding hydrogens is 458 g/mol. The molecular formula is C21H20ClN3O4S2. The average Bonchev–Trinajstić information content (AvgIpc) is 3.41. The van der Waals surface area contributed by atoms with Gasteiger partial charge >= 0.3 is 0 Å². The van der Waals surface area contributed by atoms with Crippen molar-refractivity contribution in [2.24, 2.45) is 0 Å². The SMILES string of the molecule is Cl.O=c1[nH]c2ccc(O)c(-c3ccc(S(=O)(=O)NC4CCNC4)cc3)c2c2ccsc12. The fourth-order valence-corrected chi connectivity index (χ4v) is 6.04. The number of phenolic OH excluding ortho intramolecular Hbond substituents is 1. The van der Waals surface area contributed by atoms with E-state index in [2.05, 4.69) is 15.0 Å². The molecule has 1 unspecified atom stereocenters. The second-order valence-electron chi connectivity index (χ2n) is 7.34. The number of pyridine rings is 1. The topological polar surface area (TPSA) is 111 Å². The molecule has 1 saturated heterocycles. The van der Waals surface area contributed by atoms with Gasteiger partial charge in [-0.05, 0) is 54.2 Å². The third-order valence-corrected chi connectivity index (χ3v) is 7.86. The summed E-state index contributed by atoms with van der Waals surface area (Å²) < 4.78 is 28.6. The number of phenols is 1. The first-order chi connectivity index (χ1) is 14.4. The van der Waals surface area contributed by atoms with E-state index in [1.165, 1.54) is 29.5 Å². The summed E-state index contributed by atoms with van der Waals surface area (Å²) in [5, 5.41) is 17.1. The molecule has 31 heavy (non-hydrogen) atoms. The van der Waals surface area contributed by atoms with Gasteiger partial charge in [0.15, 0.2) is 0 Å². The lowest BCUT2D eigenvalue weighted by Crippen LogP contribution is -2.36. The van der Waals surface area contributed by atoms with Crippen molar-refractivity contribution in [3.8, 4) is 16.9 Å². The van der Waals surface area contributed by atoms with Crippen LogP contribution in [0.25, 0.3) is 32.1 Å². The molecule has 0 radical (unpaired) electrons. The maximum absolute atomic E-state index is 12.7. The minimum absolute atomic E-state index is 0. The van der Waals surface area contributed by atoms with Crippen molar-refractivity contribution in [3.63, 3.8) is 0 Å². The van der Waals surface area contributed by atoms with Crippen LogP contribution < -0.4 is 15.6 Å². The summed E-state index contributed by atoms with van der Waals surface area (Å²) in [6, 6.07) is 11.4. The Bertz CT molecular complexity index is 1420. The second-order valence-corrected chi connectivity index (χ2v) is 9.97. The zero-order chi connectivity index (χ0) is 20.9. The zero-order valence-corrected chi connectivity index (χ0v) is 18.7. The number of aromatic nitrogens is 1. The molecule has 1 aliphatic heterocycles. The number of H-pyrrole nitrogens is 1. The van der Waals surface area contributed by atoms with Crippen molar-refractivity contribution in [3.05, 3.63) is 58.2 Å². The van der Waals surface area contributed by atoms with Gasteiger partial charge in [-0.25, -0.2) is 13.1 Å². The van der Waals surface area contributed by atoms with E-state index in [0.29, 0.717) is 27.9 Å². The summed E-state index contributed by atoms with van der Waals surface area (Å²) >= 11 is 1.34. The van der Waals surface area contributed by atoms with Gasteiger partial charge in [-0.3, -0.25) is 4.79 Å². The molecule has 1 atom stereocenters. The van der Waals surface area contributed by atoms with Gasteiger partial charge < -0.3 is 15.4 Å². The number of aromatic hydroxyl groups is 1. The van der Waals surface area contributed by atoms with Gasteiger partial charge in [0.05, 0.1) is 4.90 Å². The second kappa shape index (κ2) is 8.25. The number of fused-ring (bicyclic) bond motifs is 3. The van der Waals surface area contributed by atoms with Crippen molar-refractivity contribution in [2.75, 3.05) is 13.1 Å². The number of aromatic amines is 1. The summed E-state index contributed by atoms with van der Waals surface area (Å²) in [5.41, 5.74) is 1.67. The van der Waals surface area contributed by atoms with Gasteiger partial charge in [-0.2, -0.15) is 0 Å². The molecule has 1 aliphatic rings. The van der Waals surface area contributed by atoms with Crippen LogP contribution in [0.1, 0.15) is 6.42 Å². The lowest BCUT2D eigenvalue weighted by atomic mass is 9.97. The summed E-state index contributed by atoms with van der Waals surface area (Å²) in [6.45, 7) is 1.42. The van der Waals surface area contributed by atoms with E-state index in [9.17, 15) is 18.3 Å². The molecule has 10 heteroatoms. The first-order valence-corrected chi connectivity index (χ1v) is 11.9. The zero-order valence-electron chi connectivity index (χ0n) is 16.2. The van der Waals surface area contributed by atoms with Crippen LogP contribution in [0.2, 0.25) is 0 Å². The normalized spacial score (nSPS) is 16.6. The fraction of sp³-hybridized carbons (Fsp3) is 0.190. The van der Waals surface area contributed by atoms with E-state index in [1.54, 1.807) is 18.2 Å². The summed E-state index contributed by atoms with van der Waals surface area (Å²) in [5.74, 6) is 0.0628. The molecule has 3 heterocycles. The van der Waals surface area contributed by atoms with Crippen LogP contribution >= 0.6 is 23.7 Å². The van der Waals surface area contributed by atoms with E-state index in [-0.39, 0.29) is 34.7 Å². The van der Waals surface area contributed by atoms with Gasteiger partial charge in [0.25, 0.3) is 5.56 Å². The molecule has 0 saturated carbocycles. The van der Waals surface area contributed by atoms with E-state index in [1.807, 2.05) is 11.4 Å². The van der Waals surface area contributed by atoms with Gasteiger partial charge in [0.2, 0.25) is 10.0 Å². The number of hydrogen-bond acceptors (Lipinski definition) is 6. The molecule has 0 amide bonds. The largest absolute Gasteiger partial charge is 0.507 e. The van der Waals surface area contributed by atoms with Crippen LogP contribution in [0, 0.1) is 0 Å². The lowest BCUT2D eigenvalue weighted by Gasteiger charge is -2.14. The number of nitrogens with one attached hydrogen (secondary N) is 3. The van der Waals surface area contributed by atoms with E-state index in [4.69, 9.17) is 0 Å². The number of thiophene rings is 1. The third-order valence-electron chi connectivity index (χ3n) is 5.41. The Morgan fingerprint density at radius 3 is 2.58 bits per heavy atom. The van der Waals surface area contributed by atoms with Gasteiger partial charge in [-0.15, -0.1) is 23.7 Å². The molecule has 4 aromatic rings. The smallest absolute Gasteiger partial charge is 0.266 e. The van der Waals surface area contributed by atoms with Crippen LogP contribution in [-0.4, -0.2) is 37.6 Å². The van der Waals surface area contributed by atoms with E-state index < -0.39 is 10.0 Å². The Kier molecular flexibility index (Phi) is 5.80. The van der Waals surface area contributed by atoms with Crippen molar-refractivity contribution < 1.29 is 13.5 Å². The van der Waals surface area contributed by atoms with Crippen LogP contribution in [0.3, 0.4) is 0 Å². The Labute approximate surface area is 188 Å². The van der Waals surface area contributed by atoms with Crippen LogP contribution in [-0.2, 0) is 10.0 Å². The predicted molar refractivity (Wildman–Crippen MR) is 126 cm³/mol. The first kappa shape index (κ1) is 21.8. The molecule has 5 rings (SSSR count). The molecule has 7 nitrogen and oxygen atoms in total. The molecule has 0 bridgehead atoms. The van der Waals surface area contributed by atoms with E-state index in [0.717, 1.165) is 23.7 Å². The number of hydrogen-bond donors (Lipinski definition) is 4. The Hall–Kier alpha value is -2.43. The van der Waals surface area contributed by atoms with Crippen molar-refractivity contribution in [2.45, 2.75) is 17.4 Å². The van der Waals surface area contributed by atoms with Crippen molar-refractivity contribution in [1.29, 1.82) is 0 Å². The number of rotatable bonds is 4. The van der Waals surface area contributed by atoms with Crippen molar-refractivity contribution >= 4 is 54.8 Å². The maximum Gasteiger partial charge on any atom is 0.266 e. The van der Waals surface area contributed by atoms with Crippen LogP contribution in [0.4, 0.5) is 0 Å². The lowest BCUT2D eigenvalue weighted by molar-refractivity contribution is 0.478. The van der Waals surface area contributed by atoms with E-state index >= 15 is 0 Å². The fourth-order valence-electron chi connectivity index (χ4n) is 3.97. The number of halogens is 1. The molecule has 4 N–H and O–H groups in total. The highest BCUT2D eigenvalue weighted by Crippen LogP contribution is 2.39. The number of sulfonamides is 1. The van der Waals surface area contributed by atoms with Gasteiger partial charge in [-0.1, -0.05) is 12.1 Å². The molecule has 1 fully saturated rings. The summed E-state index contributed by atoms with van der Waals surface area (Å²) in [6.07, 6.45) is 0.760. The highest BCUT2D eigenvalue weighted by atomic mass is 35.5. The quantitative estimate of drug-likeness (QED) is 0.361. The Morgan fingerprint density at radius 1 is 1.10 bits per heavy atom. The van der Waals surface area contributed by atoms with Crippen LogP contribution in [0.15, 0.2) is 57.5 Å². The van der Waals surface area contributed by atoms with Crippen molar-refractivity contribution in [1.82, 2.24) is 15.0 Å². The highest BCUT2D eigenvalue weighted by Gasteiger charge is 2.23. The Balaban J connectivity index is 0.00000231. The summed E-state index contributed by atoms with van der Waals surface area (Å²) in [4.78, 5) is 15.3. The molecule has 162 valence electrons. The molecule has 0 spiro atoms.